The second-order valence-corrected chi connectivity index (χ2v) is 6.99. The van der Waals surface area contributed by atoms with E-state index in [2.05, 4.69) is 26.0 Å². The monoisotopic (exact) mass is 300 g/mol. The number of aliphatic hydroxyl groups excluding tert-OH is 1. The van der Waals surface area contributed by atoms with Gasteiger partial charge in [0.2, 0.25) is 0 Å². The molecule has 0 saturated carbocycles. The lowest BCUT2D eigenvalue weighted by molar-refractivity contribution is 0.175. The van der Waals surface area contributed by atoms with Crippen molar-refractivity contribution in [3.63, 3.8) is 0 Å². The number of hydrogen-bond acceptors (Lipinski definition) is 2. The fourth-order valence-electron chi connectivity index (χ4n) is 2.27. The molecule has 0 saturated heterocycles. The second kappa shape index (κ2) is 8.26. The van der Waals surface area contributed by atoms with Gasteiger partial charge in [0.05, 0.1) is 11.4 Å². The molecule has 0 amide bonds. The summed E-state index contributed by atoms with van der Waals surface area (Å²) < 4.78 is 0. The highest BCUT2D eigenvalue weighted by Crippen LogP contribution is 2.40. The minimum absolute atomic E-state index is 0.0901. The van der Waals surface area contributed by atoms with Crippen LogP contribution in [0.4, 0.5) is 0 Å². The van der Waals surface area contributed by atoms with E-state index in [1.807, 2.05) is 60.3 Å². The molecule has 0 heterocycles. The molecule has 0 aliphatic carbocycles. The average molecular weight is 300 g/mol. The topological polar surface area (TPSA) is 20.2 Å². The molecule has 0 radical (unpaired) electrons. The van der Waals surface area contributed by atoms with Gasteiger partial charge in [-0.25, -0.2) is 0 Å². The Kier molecular flexibility index (Phi) is 6.34. The van der Waals surface area contributed by atoms with Crippen LogP contribution in [0, 0.1) is 5.92 Å². The van der Waals surface area contributed by atoms with E-state index in [0.717, 1.165) is 11.3 Å². The maximum Gasteiger partial charge on any atom is 0.0949 e. The predicted molar refractivity (Wildman–Crippen MR) is 92.5 cm³/mol. The summed E-state index contributed by atoms with van der Waals surface area (Å²) in [6.07, 6.45) is 0.709. The van der Waals surface area contributed by atoms with Gasteiger partial charge in [-0.05, 0) is 29.2 Å². The molecule has 112 valence electrons. The molecule has 2 heteroatoms. The highest BCUT2D eigenvalue weighted by Gasteiger charge is 2.22. The molecular weight excluding hydrogens is 276 g/mol. The summed E-state index contributed by atoms with van der Waals surface area (Å²) in [5, 5.41) is 10.9. The smallest absolute Gasteiger partial charge is 0.0949 e. The molecule has 0 unspecified atom stereocenters. The van der Waals surface area contributed by atoms with E-state index in [4.69, 9.17) is 0 Å². The highest BCUT2D eigenvalue weighted by atomic mass is 32.2. The van der Waals surface area contributed by atoms with Crippen molar-refractivity contribution in [2.75, 3.05) is 5.75 Å². The van der Waals surface area contributed by atoms with Crippen LogP contribution in [0.3, 0.4) is 0 Å². The van der Waals surface area contributed by atoms with E-state index < -0.39 is 6.10 Å². The number of hydrogen-bond donors (Lipinski definition) is 1. The zero-order valence-electron chi connectivity index (χ0n) is 12.8. The number of rotatable bonds is 7. The first-order valence-electron chi connectivity index (χ1n) is 7.58. The van der Waals surface area contributed by atoms with Crippen LogP contribution >= 0.6 is 11.8 Å². The average Bonchev–Trinajstić information content (AvgIpc) is 2.52. The van der Waals surface area contributed by atoms with Gasteiger partial charge in [-0.15, -0.1) is 0 Å². The molecule has 0 fully saturated rings. The van der Waals surface area contributed by atoms with Crippen LogP contribution in [-0.2, 0) is 0 Å². The van der Waals surface area contributed by atoms with Crippen molar-refractivity contribution < 1.29 is 5.11 Å². The molecule has 0 aliphatic rings. The summed E-state index contributed by atoms with van der Waals surface area (Å²) in [7, 11) is 0. The molecule has 0 spiro atoms. The molecule has 2 aromatic rings. The summed E-state index contributed by atoms with van der Waals surface area (Å²) in [5.74, 6) is 1.77. The van der Waals surface area contributed by atoms with Gasteiger partial charge in [0.1, 0.15) is 0 Å². The summed E-state index contributed by atoms with van der Waals surface area (Å²) in [5.41, 5.74) is 2.19. The van der Waals surface area contributed by atoms with Crippen molar-refractivity contribution in [2.24, 2.45) is 5.92 Å². The van der Waals surface area contributed by atoms with Crippen molar-refractivity contribution in [1.82, 2.24) is 0 Å². The first-order chi connectivity index (χ1) is 10.2. The third-order valence-corrected chi connectivity index (χ3v) is 4.91. The lowest BCUT2D eigenvalue weighted by atomic mass is 10.0. The van der Waals surface area contributed by atoms with Crippen LogP contribution in [0.5, 0.6) is 0 Å². The van der Waals surface area contributed by atoms with Crippen molar-refractivity contribution in [2.45, 2.75) is 31.6 Å². The van der Waals surface area contributed by atoms with Crippen LogP contribution in [0.15, 0.2) is 60.7 Å². The Bertz CT molecular complexity index is 510. The van der Waals surface area contributed by atoms with Crippen molar-refractivity contribution >= 4 is 11.8 Å². The number of aliphatic hydroxyl groups is 1. The minimum Gasteiger partial charge on any atom is -0.387 e. The van der Waals surface area contributed by atoms with Gasteiger partial charge in [0, 0.05) is 0 Å². The van der Waals surface area contributed by atoms with E-state index in [0.29, 0.717) is 5.92 Å². The Morgan fingerprint density at radius 3 is 1.90 bits per heavy atom. The second-order valence-electron chi connectivity index (χ2n) is 5.74. The maximum absolute atomic E-state index is 10.8. The van der Waals surface area contributed by atoms with Crippen LogP contribution in [-0.4, -0.2) is 10.9 Å². The summed E-state index contributed by atoms with van der Waals surface area (Å²) >= 11 is 1.86. The highest BCUT2D eigenvalue weighted by molar-refractivity contribution is 7.99. The van der Waals surface area contributed by atoms with E-state index in [-0.39, 0.29) is 5.25 Å². The van der Waals surface area contributed by atoms with E-state index in [1.54, 1.807) is 0 Å². The summed E-state index contributed by atoms with van der Waals surface area (Å²) in [6, 6.07) is 20.3. The quantitative estimate of drug-likeness (QED) is 0.754. The Balaban J connectivity index is 2.15. The number of thioether (sulfide) groups is 1. The van der Waals surface area contributed by atoms with Crippen LogP contribution in [0.2, 0.25) is 0 Å². The minimum atomic E-state index is -0.467. The molecule has 1 nitrogen and oxygen atoms in total. The normalized spacial score (nSPS) is 14.1. The fraction of sp³-hybridized carbons (Fsp3) is 0.368. The molecule has 2 rings (SSSR count). The largest absolute Gasteiger partial charge is 0.387 e. The third kappa shape index (κ3) is 4.90. The van der Waals surface area contributed by atoms with Gasteiger partial charge in [-0.2, -0.15) is 11.8 Å². The van der Waals surface area contributed by atoms with Crippen molar-refractivity contribution in [3.05, 3.63) is 71.8 Å². The van der Waals surface area contributed by atoms with Gasteiger partial charge in [0.25, 0.3) is 0 Å². The van der Waals surface area contributed by atoms with Crippen molar-refractivity contribution in [3.8, 4) is 0 Å². The van der Waals surface area contributed by atoms with Crippen LogP contribution in [0.25, 0.3) is 0 Å². The molecule has 1 N–H and O–H groups in total. The van der Waals surface area contributed by atoms with E-state index >= 15 is 0 Å². The first kappa shape index (κ1) is 16.1. The standard InChI is InChI=1S/C19H24OS/c1-15(2)13-14-21-19(17-11-7-4-8-12-17)18(20)16-9-5-3-6-10-16/h3-12,15,18-20H,13-14H2,1-2H3/t18-,19-/m1/s1. The molecule has 2 aromatic carbocycles. The Labute approximate surface area is 132 Å². The zero-order valence-corrected chi connectivity index (χ0v) is 13.6. The summed E-state index contributed by atoms with van der Waals surface area (Å²) in [4.78, 5) is 0. The Hall–Kier alpha value is -1.25. The van der Waals surface area contributed by atoms with Gasteiger partial charge < -0.3 is 5.11 Å². The predicted octanol–water partition coefficient (Wildman–Crippen LogP) is 5.24. The maximum atomic E-state index is 10.8. The first-order valence-corrected chi connectivity index (χ1v) is 8.63. The molecule has 0 aromatic heterocycles. The molecule has 0 aliphatic heterocycles. The van der Waals surface area contributed by atoms with E-state index in [1.165, 1.54) is 12.0 Å². The fourth-order valence-corrected chi connectivity index (χ4v) is 3.82. The SMILES string of the molecule is CC(C)CCS[C@H](c1ccccc1)[C@H](O)c1ccccc1. The molecular formula is C19H24OS. The Morgan fingerprint density at radius 1 is 0.857 bits per heavy atom. The number of benzene rings is 2. The molecule has 2 atom stereocenters. The van der Waals surface area contributed by atoms with Gasteiger partial charge in [0.15, 0.2) is 0 Å². The van der Waals surface area contributed by atoms with Crippen LogP contribution < -0.4 is 0 Å². The lowest BCUT2D eigenvalue weighted by Crippen LogP contribution is -2.09. The van der Waals surface area contributed by atoms with Gasteiger partial charge in [-0.3, -0.25) is 0 Å². The Morgan fingerprint density at radius 2 is 1.38 bits per heavy atom. The molecule has 21 heavy (non-hydrogen) atoms. The lowest BCUT2D eigenvalue weighted by Gasteiger charge is -2.24. The van der Waals surface area contributed by atoms with Gasteiger partial charge >= 0.3 is 0 Å². The molecule has 0 bridgehead atoms. The summed E-state index contributed by atoms with van der Waals surface area (Å²) in [6.45, 7) is 4.48. The van der Waals surface area contributed by atoms with Crippen LogP contribution in [0.1, 0.15) is 42.7 Å². The van der Waals surface area contributed by atoms with Gasteiger partial charge in [-0.1, -0.05) is 74.5 Å². The zero-order chi connectivity index (χ0) is 15.1. The van der Waals surface area contributed by atoms with Crippen molar-refractivity contribution in [1.29, 1.82) is 0 Å². The third-order valence-electron chi connectivity index (χ3n) is 3.55. The van der Waals surface area contributed by atoms with E-state index in [9.17, 15) is 5.11 Å².